The van der Waals surface area contributed by atoms with Crippen LogP contribution < -0.4 is 5.32 Å². The number of hydrogen-bond donors (Lipinski definition) is 2. The van der Waals surface area contributed by atoms with Crippen LogP contribution >= 0.6 is 0 Å². The standard InChI is InChI=1S/C11H16N2O3/c1-11(2,3)16-10(15)13-9(7-14)8-4-5-12-6-8/h4-7,9,12H,1-3H3,(H,13,15). The van der Waals surface area contributed by atoms with Crippen LogP contribution in [0.1, 0.15) is 32.4 Å². The molecule has 0 spiro atoms. The van der Waals surface area contributed by atoms with E-state index in [1.165, 1.54) is 0 Å². The number of aldehydes is 1. The first-order chi connectivity index (χ1) is 7.42. The van der Waals surface area contributed by atoms with Gasteiger partial charge in [-0.3, -0.25) is 0 Å². The molecule has 1 atom stereocenters. The Morgan fingerprint density at radius 3 is 2.69 bits per heavy atom. The maximum atomic E-state index is 11.4. The molecule has 0 bridgehead atoms. The number of nitrogens with one attached hydrogen (secondary N) is 2. The monoisotopic (exact) mass is 224 g/mol. The quantitative estimate of drug-likeness (QED) is 0.769. The van der Waals surface area contributed by atoms with Crippen LogP contribution in [0.15, 0.2) is 18.5 Å². The SMILES string of the molecule is CC(C)(C)OC(=O)NC(C=O)c1cc[nH]c1. The molecule has 1 heterocycles. The van der Waals surface area contributed by atoms with Crippen LogP contribution in [0.5, 0.6) is 0 Å². The van der Waals surface area contributed by atoms with E-state index < -0.39 is 17.7 Å². The van der Waals surface area contributed by atoms with E-state index in [-0.39, 0.29) is 0 Å². The van der Waals surface area contributed by atoms with Crippen molar-refractivity contribution in [3.05, 3.63) is 24.0 Å². The Labute approximate surface area is 94.2 Å². The average molecular weight is 224 g/mol. The molecule has 5 heteroatoms. The highest BCUT2D eigenvalue weighted by Crippen LogP contribution is 2.11. The van der Waals surface area contributed by atoms with Crippen LogP contribution in [0.3, 0.4) is 0 Å². The number of amides is 1. The normalized spacial score (nSPS) is 12.9. The van der Waals surface area contributed by atoms with Gasteiger partial charge in [-0.05, 0) is 32.4 Å². The van der Waals surface area contributed by atoms with Crippen LogP contribution in [0.25, 0.3) is 0 Å². The second-order valence-corrected chi connectivity index (χ2v) is 4.40. The summed E-state index contributed by atoms with van der Waals surface area (Å²) in [6.07, 6.45) is 3.39. The highest BCUT2D eigenvalue weighted by atomic mass is 16.6. The highest BCUT2D eigenvalue weighted by Gasteiger charge is 2.20. The molecule has 0 saturated carbocycles. The maximum Gasteiger partial charge on any atom is 0.408 e. The fraction of sp³-hybridized carbons (Fsp3) is 0.455. The molecule has 0 saturated heterocycles. The van der Waals surface area contributed by atoms with Crippen LogP contribution in [-0.2, 0) is 9.53 Å². The van der Waals surface area contributed by atoms with E-state index in [1.54, 1.807) is 39.2 Å². The van der Waals surface area contributed by atoms with E-state index in [4.69, 9.17) is 4.74 Å². The van der Waals surface area contributed by atoms with E-state index in [0.717, 1.165) is 0 Å². The molecule has 0 aliphatic rings. The molecule has 1 aromatic heterocycles. The molecule has 0 radical (unpaired) electrons. The first-order valence-electron chi connectivity index (χ1n) is 5.00. The largest absolute Gasteiger partial charge is 0.444 e. The van der Waals surface area contributed by atoms with Crippen LogP contribution in [0.4, 0.5) is 4.79 Å². The zero-order chi connectivity index (χ0) is 12.2. The Bertz CT molecular complexity index is 352. The molecule has 5 nitrogen and oxygen atoms in total. The molecule has 0 fully saturated rings. The van der Waals surface area contributed by atoms with Gasteiger partial charge in [0.05, 0.1) is 0 Å². The topological polar surface area (TPSA) is 71.2 Å². The molecule has 1 aromatic rings. The number of hydrogen-bond acceptors (Lipinski definition) is 3. The number of aromatic amines is 1. The summed E-state index contributed by atoms with van der Waals surface area (Å²) in [4.78, 5) is 25.1. The lowest BCUT2D eigenvalue weighted by molar-refractivity contribution is -0.109. The number of carbonyl (C=O) groups excluding carboxylic acids is 2. The zero-order valence-electron chi connectivity index (χ0n) is 9.61. The Balaban J connectivity index is 2.58. The molecule has 1 rings (SSSR count). The minimum atomic E-state index is -0.680. The van der Waals surface area contributed by atoms with Crippen molar-refractivity contribution in [2.24, 2.45) is 0 Å². The Kier molecular flexibility index (Phi) is 3.71. The van der Waals surface area contributed by atoms with Crippen molar-refractivity contribution in [1.29, 1.82) is 0 Å². The van der Waals surface area contributed by atoms with Gasteiger partial charge in [-0.1, -0.05) is 0 Å². The lowest BCUT2D eigenvalue weighted by Crippen LogP contribution is -2.35. The summed E-state index contributed by atoms with van der Waals surface area (Å²) >= 11 is 0. The highest BCUT2D eigenvalue weighted by molar-refractivity contribution is 5.74. The van der Waals surface area contributed by atoms with Crippen LogP contribution in [-0.4, -0.2) is 23.0 Å². The van der Waals surface area contributed by atoms with Crippen molar-refractivity contribution in [1.82, 2.24) is 10.3 Å². The summed E-state index contributed by atoms with van der Waals surface area (Å²) < 4.78 is 5.05. The van der Waals surface area contributed by atoms with Crippen LogP contribution in [0.2, 0.25) is 0 Å². The third kappa shape index (κ3) is 3.76. The molecule has 16 heavy (non-hydrogen) atoms. The Morgan fingerprint density at radius 2 is 2.25 bits per heavy atom. The van der Waals surface area contributed by atoms with Crippen molar-refractivity contribution in [2.45, 2.75) is 32.4 Å². The van der Waals surface area contributed by atoms with Gasteiger partial charge in [-0.15, -0.1) is 0 Å². The summed E-state index contributed by atoms with van der Waals surface area (Å²) in [7, 11) is 0. The number of ether oxygens (including phenoxy) is 1. The van der Waals surface area contributed by atoms with Gasteiger partial charge in [-0.2, -0.15) is 0 Å². The zero-order valence-corrected chi connectivity index (χ0v) is 9.61. The Hall–Kier alpha value is -1.78. The summed E-state index contributed by atoms with van der Waals surface area (Å²) in [5.74, 6) is 0. The average Bonchev–Trinajstić information content (AvgIpc) is 2.63. The lowest BCUT2D eigenvalue weighted by atomic mass is 10.2. The Morgan fingerprint density at radius 1 is 1.56 bits per heavy atom. The minimum Gasteiger partial charge on any atom is -0.444 e. The third-order valence-corrected chi connectivity index (χ3v) is 1.79. The van der Waals surface area contributed by atoms with Crippen molar-refractivity contribution >= 4 is 12.4 Å². The van der Waals surface area contributed by atoms with Gasteiger partial charge in [0.2, 0.25) is 0 Å². The predicted molar refractivity (Wildman–Crippen MR) is 59.0 cm³/mol. The lowest BCUT2D eigenvalue weighted by Gasteiger charge is -2.21. The predicted octanol–water partition coefficient (Wildman–Crippen LogP) is 1.78. The molecule has 1 amide bonds. The smallest absolute Gasteiger partial charge is 0.408 e. The van der Waals surface area contributed by atoms with Gasteiger partial charge in [0.25, 0.3) is 0 Å². The molecule has 0 aromatic carbocycles. The van der Waals surface area contributed by atoms with Crippen molar-refractivity contribution in [2.75, 3.05) is 0 Å². The van der Waals surface area contributed by atoms with Gasteiger partial charge in [0.15, 0.2) is 0 Å². The van der Waals surface area contributed by atoms with Crippen molar-refractivity contribution in [3.8, 4) is 0 Å². The summed E-state index contributed by atoms with van der Waals surface area (Å²) in [5.41, 5.74) is 0.121. The van der Waals surface area contributed by atoms with E-state index in [2.05, 4.69) is 10.3 Å². The molecular formula is C11H16N2O3. The van der Waals surface area contributed by atoms with E-state index in [0.29, 0.717) is 11.8 Å². The summed E-state index contributed by atoms with van der Waals surface area (Å²) in [6.45, 7) is 5.29. The van der Waals surface area contributed by atoms with E-state index in [1.807, 2.05) is 0 Å². The molecule has 1 unspecified atom stereocenters. The first kappa shape index (κ1) is 12.3. The summed E-state index contributed by atoms with van der Waals surface area (Å²) in [5, 5.41) is 2.48. The van der Waals surface area contributed by atoms with Gasteiger partial charge in [0, 0.05) is 12.4 Å². The number of rotatable bonds is 3. The second kappa shape index (κ2) is 4.83. The van der Waals surface area contributed by atoms with Gasteiger partial charge >= 0.3 is 6.09 Å². The number of aromatic nitrogens is 1. The van der Waals surface area contributed by atoms with Crippen molar-refractivity contribution < 1.29 is 14.3 Å². The third-order valence-electron chi connectivity index (χ3n) is 1.79. The first-order valence-corrected chi connectivity index (χ1v) is 5.00. The second-order valence-electron chi connectivity index (χ2n) is 4.40. The maximum absolute atomic E-state index is 11.4. The summed E-state index contributed by atoms with van der Waals surface area (Å²) in [6, 6.07) is 1.04. The fourth-order valence-corrected chi connectivity index (χ4v) is 1.16. The molecular weight excluding hydrogens is 208 g/mol. The van der Waals surface area contributed by atoms with Gasteiger partial charge in [0.1, 0.15) is 17.9 Å². The van der Waals surface area contributed by atoms with E-state index in [9.17, 15) is 9.59 Å². The number of carbonyl (C=O) groups is 2. The van der Waals surface area contributed by atoms with Gasteiger partial charge < -0.3 is 19.8 Å². The van der Waals surface area contributed by atoms with Gasteiger partial charge in [-0.25, -0.2) is 4.79 Å². The molecule has 2 N–H and O–H groups in total. The molecule has 88 valence electrons. The minimum absolute atomic E-state index is 0.574. The number of alkyl carbamates (subject to hydrolysis) is 1. The number of H-pyrrole nitrogens is 1. The van der Waals surface area contributed by atoms with E-state index >= 15 is 0 Å². The van der Waals surface area contributed by atoms with Crippen molar-refractivity contribution in [3.63, 3.8) is 0 Å². The molecule has 0 aliphatic carbocycles. The van der Waals surface area contributed by atoms with Crippen LogP contribution in [0, 0.1) is 0 Å². The fourth-order valence-electron chi connectivity index (χ4n) is 1.16. The molecule has 0 aliphatic heterocycles.